The van der Waals surface area contributed by atoms with Gasteiger partial charge in [0.2, 0.25) is 5.91 Å². The van der Waals surface area contributed by atoms with E-state index in [1.165, 1.54) is 10.9 Å². The van der Waals surface area contributed by atoms with Gasteiger partial charge in [0.15, 0.2) is 0 Å². The fourth-order valence-corrected chi connectivity index (χ4v) is 2.70. The van der Waals surface area contributed by atoms with Crippen molar-refractivity contribution in [3.63, 3.8) is 0 Å². The third-order valence-corrected chi connectivity index (χ3v) is 4.03. The largest absolute Gasteiger partial charge is 0.401 e. The van der Waals surface area contributed by atoms with Crippen LogP contribution in [0.5, 0.6) is 0 Å². The lowest BCUT2D eigenvalue weighted by Gasteiger charge is -2.22. The van der Waals surface area contributed by atoms with Crippen LogP contribution in [-0.4, -0.2) is 58.1 Å². The molecule has 0 saturated carbocycles. The Kier molecular flexibility index (Phi) is 7.64. The van der Waals surface area contributed by atoms with Crippen LogP contribution in [0.25, 0.3) is 0 Å². The van der Waals surface area contributed by atoms with Crippen molar-refractivity contribution in [2.24, 2.45) is 0 Å². The summed E-state index contributed by atoms with van der Waals surface area (Å²) < 4.78 is 39.4. The summed E-state index contributed by atoms with van der Waals surface area (Å²) in [6, 6.07) is 8.71. The van der Waals surface area contributed by atoms with Crippen LogP contribution in [0.1, 0.15) is 12.0 Å². The monoisotopic (exact) mass is 404 g/mol. The average molecular weight is 405 g/mol. The summed E-state index contributed by atoms with van der Waals surface area (Å²) >= 11 is 6.12. The number of anilines is 1. The molecular weight excluding hydrogens is 385 g/mol. The molecule has 2 N–H and O–H groups in total. The molecule has 2 rings (SSSR count). The molecule has 6 nitrogen and oxygen atoms in total. The lowest BCUT2D eigenvalue weighted by molar-refractivity contribution is -0.148. The lowest BCUT2D eigenvalue weighted by Crippen LogP contribution is -2.40. The van der Waals surface area contributed by atoms with E-state index in [-0.39, 0.29) is 19.6 Å². The minimum Gasteiger partial charge on any atom is -0.396 e. The van der Waals surface area contributed by atoms with Crippen molar-refractivity contribution in [2.45, 2.75) is 19.1 Å². The van der Waals surface area contributed by atoms with Crippen molar-refractivity contribution in [2.75, 3.05) is 31.6 Å². The van der Waals surface area contributed by atoms with E-state index in [0.717, 1.165) is 10.5 Å². The molecule has 10 heteroatoms. The summed E-state index contributed by atoms with van der Waals surface area (Å²) in [5.41, 5.74) is 0.792. The van der Waals surface area contributed by atoms with Crippen molar-refractivity contribution in [3.8, 4) is 0 Å². The maximum atomic E-state index is 12.6. The first-order valence-electron chi connectivity index (χ1n) is 8.23. The number of amides is 1. The number of alkyl halides is 3. The zero-order valence-corrected chi connectivity index (χ0v) is 15.2. The van der Waals surface area contributed by atoms with E-state index < -0.39 is 25.2 Å². The third-order valence-electron chi connectivity index (χ3n) is 3.66. The number of carbonyl (C=O) groups excluding carboxylic acids is 1. The molecule has 1 amide bonds. The second-order valence-electron chi connectivity index (χ2n) is 5.92. The molecule has 1 aromatic carbocycles. The highest BCUT2D eigenvalue weighted by atomic mass is 35.5. The fourth-order valence-electron chi connectivity index (χ4n) is 2.50. The fraction of sp³-hybridized carbons (Fsp3) is 0.412. The highest BCUT2D eigenvalue weighted by Gasteiger charge is 2.31. The van der Waals surface area contributed by atoms with Crippen LogP contribution >= 0.6 is 11.6 Å². The van der Waals surface area contributed by atoms with Crippen molar-refractivity contribution >= 4 is 23.3 Å². The van der Waals surface area contributed by atoms with Gasteiger partial charge < -0.3 is 10.4 Å². The summed E-state index contributed by atoms with van der Waals surface area (Å²) in [5, 5.41) is 16.1. The molecule has 0 atom stereocenters. The summed E-state index contributed by atoms with van der Waals surface area (Å²) in [6.45, 7) is -1.65. The van der Waals surface area contributed by atoms with Crippen LogP contribution in [0.2, 0.25) is 5.02 Å². The van der Waals surface area contributed by atoms with Gasteiger partial charge in [-0.1, -0.05) is 29.8 Å². The molecule has 148 valence electrons. The van der Waals surface area contributed by atoms with E-state index >= 15 is 0 Å². The van der Waals surface area contributed by atoms with E-state index in [1.54, 1.807) is 18.2 Å². The van der Waals surface area contributed by atoms with Crippen molar-refractivity contribution in [1.82, 2.24) is 14.7 Å². The Balaban J connectivity index is 2.00. The average Bonchev–Trinajstić information content (AvgIpc) is 3.00. The Morgan fingerprint density at radius 2 is 2.04 bits per heavy atom. The molecule has 0 aliphatic rings. The van der Waals surface area contributed by atoms with E-state index in [1.807, 2.05) is 12.1 Å². The van der Waals surface area contributed by atoms with Crippen LogP contribution in [0.15, 0.2) is 36.5 Å². The smallest absolute Gasteiger partial charge is 0.396 e. The Morgan fingerprint density at radius 3 is 2.70 bits per heavy atom. The number of nitrogens with zero attached hydrogens (tertiary/aromatic N) is 3. The standard InChI is InChI=1S/C17H20ClF3N4O2/c18-14-5-2-1-4-13(14)10-25-15(6-7-22-25)23-16(27)11-24(8-3-9-26)12-17(19,20)21/h1-2,4-7,26H,3,8-12H2,(H,23,27). The van der Waals surface area contributed by atoms with Gasteiger partial charge in [0, 0.05) is 24.2 Å². The number of nitrogens with one attached hydrogen (secondary N) is 1. The topological polar surface area (TPSA) is 70.4 Å². The maximum absolute atomic E-state index is 12.6. The number of hydrogen-bond donors (Lipinski definition) is 2. The van der Waals surface area contributed by atoms with E-state index in [9.17, 15) is 18.0 Å². The minimum absolute atomic E-state index is 0.0394. The number of rotatable bonds is 9. The van der Waals surface area contributed by atoms with E-state index in [0.29, 0.717) is 17.4 Å². The zero-order valence-electron chi connectivity index (χ0n) is 14.4. The van der Waals surface area contributed by atoms with Crippen LogP contribution < -0.4 is 5.32 Å². The van der Waals surface area contributed by atoms with Gasteiger partial charge in [-0.2, -0.15) is 18.3 Å². The molecule has 0 fully saturated rings. The van der Waals surface area contributed by atoms with Gasteiger partial charge in [-0.15, -0.1) is 0 Å². The first-order chi connectivity index (χ1) is 12.8. The van der Waals surface area contributed by atoms with E-state index in [4.69, 9.17) is 16.7 Å². The SMILES string of the molecule is O=C(CN(CCCO)CC(F)(F)F)Nc1ccnn1Cc1ccccc1Cl. The zero-order chi connectivity index (χ0) is 19.9. The lowest BCUT2D eigenvalue weighted by atomic mass is 10.2. The molecule has 0 unspecified atom stereocenters. The summed E-state index contributed by atoms with van der Waals surface area (Å²) in [7, 11) is 0. The third kappa shape index (κ3) is 7.20. The number of aliphatic hydroxyl groups excluding tert-OH is 1. The number of carbonyl (C=O) groups is 1. The first-order valence-corrected chi connectivity index (χ1v) is 8.61. The van der Waals surface area contributed by atoms with Gasteiger partial charge in [0.1, 0.15) is 5.82 Å². The number of aromatic nitrogens is 2. The summed E-state index contributed by atoms with van der Waals surface area (Å²) in [4.78, 5) is 13.1. The second-order valence-corrected chi connectivity index (χ2v) is 6.32. The number of halogens is 4. The highest BCUT2D eigenvalue weighted by molar-refractivity contribution is 6.31. The van der Waals surface area contributed by atoms with Crippen molar-refractivity contribution < 1.29 is 23.1 Å². The van der Waals surface area contributed by atoms with Crippen LogP contribution in [0.4, 0.5) is 19.0 Å². The quantitative estimate of drug-likeness (QED) is 0.674. The molecule has 0 saturated heterocycles. The van der Waals surface area contributed by atoms with Crippen molar-refractivity contribution in [1.29, 1.82) is 0 Å². The number of hydrogen-bond acceptors (Lipinski definition) is 4. The van der Waals surface area contributed by atoms with Gasteiger partial charge in [-0.25, -0.2) is 4.68 Å². The Morgan fingerprint density at radius 1 is 1.30 bits per heavy atom. The predicted octanol–water partition coefficient (Wildman–Crippen LogP) is 2.77. The van der Waals surface area contributed by atoms with Crippen LogP contribution in [-0.2, 0) is 11.3 Å². The second kappa shape index (κ2) is 9.72. The summed E-state index contributed by atoms with van der Waals surface area (Å²) in [5.74, 6) is -0.243. The van der Waals surface area contributed by atoms with Gasteiger partial charge in [-0.05, 0) is 18.1 Å². The molecule has 0 aliphatic heterocycles. The molecule has 0 bridgehead atoms. The van der Waals surface area contributed by atoms with Gasteiger partial charge in [0.25, 0.3) is 0 Å². The summed E-state index contributed by atoms with van der Waals surface area (Å²) in [6.07, 6.45) is -2.80. The molecule has 1 heterocycles. The van der Waals surface area contributed by atoms with Gasteiger partial charge >= 0.3 is 6.18 Å². The first kappa shape index (κ1) is 21.2. The molecule has 0 aliphatic carbocycles. The Bertz CT molecular complexity index is 752. The van der Waals surface area contributed by atoms with E-state index in [2.05, 4.69) is 10.4 Å². The number of benzene rings is 1. The van der Waals surface area contributed by atoms with Crippen molar-refractivity contribution in [3.05, 3.63) is 47.1 Å². The van der Waals surface area contributed by atoms with Gasteiger partial charge in [-0.3, -0.25) is 9.69 Å². The molecule has 0 spiro atoms. The Hall–Kier alpha value is -2.10. The Labute approximate surface area is 159 Å². The molecule has 2 aromatic rings. The molecule has 0 radical (unpaired) electrons. The maximum Gasteiger partial charge on any atom is 0.401 e. The van der Waals surface area contributed by atoms with Crippen LogP contribution in [0.3, 0.4) is 0 Å². The van der Waals surface area contributed by atoms with Gasteiger partial charge in [0.05, 0.1) is 25.8 Å². The number of aliphatic hydroxyl groups is 1. The predicted molar refractivity (Wildman–Crippen MR) is 95.6 cm³/mol. The normalized spacial score (nSPS) is 11.8. The molecule has 1 aromatic heterocycles. The highest BCUT2D eigenvalue weighted by Crippen LogP contribution is 2.19. The minimum atomic E-state index is -4.43. The molecule has 27 heavy (non-hydrogen) atoms. The molecular formula is C17H20ClF3N4O2. The van der Waals surface area contributed by atoms with Crippen LogP contribution in [0, 0.1) is 0 Å².